The molecule has 0 heterocycles. The lowest BCUT2D eigenvalue weighted by molar-refractivity contribution is 0.900. The minimum absolute atomic E-state index is 1.14. The van der Waals surface area contributed by atoms with Crippen LogP contribution >= 0.6 is 0 Å². The minimum Gasteiger partial charge on any atom is -0.0856 e. The Kier molecular flexibility index (Phi) is 23.0. The van der Waals surface area contributed by atoms with E-state index in [4.69, 9.17) is 0 Å². The smallest absolute Gasteiger partial charge is 0.0285 e. The molecular weight excluding hydrogens is 480 g/mol. The first-order valence-corrected chi connectivity index (χ1v) is 15.9. The van der Waals surface area contributed by atoms with E-state index in [0.717, 1.165) is 38.5 Å². The standard InChI is InChI=1S/C40H64/c1-33(2)19-13-23-37(7)27-17-31-39(9)29-15-25-35(5)21-11-12-22-36(6)26-16-30-40(10)32-18-28-38(8)24-14-20-34(3)4/h11-12,19-22,27-30H,13-18,23-26,31-32H2,1-10H3/b12-11+,35-21-,36-22+,37-27+,38-28+,39-29+,40-30+. The lowest BCUT2D eigenvalue weighted by Gasteiger charge is -2.02. The summed E-state index contributed by atoms with van der Waals surface area (Å²) in [6.07, 6.45) is 37.2. The van der Waals surface area contributed by atoms with Crippen LogP contribution in [-0.2, 0) is 0 Å². The number of allylic oxidation sites excluding steroid dienone is 18. The van der Waals surface area contributed by atoms with Crippen molar-refractivity contribution in [3.8, 4) is 0 Å². The monoisotopic (exact) mass is 545 g/mol. The molecule has 40 heavy (non-hydrogen) atoms. The second-order valence-electron chi connectivity index (χ2n) is 12.4. The van der Waals surface area contributed by atoms with Crippen LogP contribution in [0.4, 0.5) is 0 Å². The summed E-state index contributed by atoms with van der Waals surface area (Å²) in [7, 11) is 0. The summed E-state index contributed by atoms with van der Waals surface area (Å²) in [6, 6.07) is 0. The highest BCUT2D eigenvalue weighted by atomic mass is 14.0. The fourth-order valence-corrected chi connectivity index (χ4v) is 4.38. The molecule has 0 unspecified atom stereocenters. The summed E-state index contributed by atoms with van der Waals surface area (Å²) < 4.78 is 0. The average Bonchev–Trinajstić information content (AvgIpc) is 2.86. The lowest BCUT2D eigenvalue weighted by Crippen LogP contribution is -1.82. The molecule has 224 valence electrons. The highest BCUT2D eigenvalue weighted by molar-refractivity contribution is 5.19. The van der Waals surface area contributed by atoms with E-state index in [0.29, 0.717) is 0 Å². The maximum atomic E-state index is 2.43. The predicted molar refractivity (Wildman–Crippen MR) is 186 cm³/mol. The Bertz CT molecular complexity index is 887. The first kappa shape index (κ1) is 37.7. The van der Waals surface area contributed by atoms with Gasteiger partial charge in [0, 0.05) is 0 Å². The van der Waals surface area contributed by atoms with Crippen LogP contribution in [0.5, 0.6) is 0 Å². The average molecular weight is 545 g/mol. The summed E-state index contributed by atoms with van der Waals surface area (Å²) >= 11 is 0. The molecule has 0 heteroatoms. The van der Waals surface area contributed by atoms with E-state index in [1.807, 2.05) is 0 Å². The Balaban J connectivity index is 4.27. The third kappa shape index (κ3) is 25.9. The van der Waals surface area contributed by atoms with Gasteiger partial charge in [-0.1, -0.05) is 105 Å². The number of rotatable bonds is 20. The van der Waals surface area contributed by atoms with Gasteiger partial charge >= 0.3 is 0 Å². The molecule has 0 nitrogen and oxygen atoms in total. The Morgan fingerprint density at radius 3 is 0.775 bits per heavy atom. The Hall–Kier alpha value is -2.34. The van der Waals surface area contributed by atoms with E-state index in [-0.39, 0.29) is 0 Å². The summed E-state index contributed by atoms with van der Waals surface area (Å²) in [5.74, 6) is 0. The zero-order chi connectivity index (χ0) is 30.2. The molecule has 0 spiro atoms. The van der Waals surface area contributed by atoms with Gasteiger partial charge in [0.2, 0.25) is 0 Å². The van der Waals surface area contributed by atoms with Gasteiger partial charge in [0.05, 0.1) is 0 Å². The SMILES string of the molecule is CC(C)=CCC/C(C)=C/CC/C(C)=C/CC\C(C)=C/C=C/C=C(\C)CC/C=C(\C)CC/C=C(\C)CCC=C(C)C. The van der Waals surface area contributed by atoms with Gasteiger partial charge in [-0.25, -0.2) is 0 Å². The van der Waals surface area contributed by atoms with Crippen molar-refractivity contribution in [3.63, 3.8) is 0 Å². The summed E-state index contributed by atoms with van der Waals surface area (Å²) in [4.78, 5) is 0. The second-order valence-corrected chi connectivity index (χ2v) is 12.4. The second kappa shape index (κ2) is 24.5. The highest BCUT2D eigenvalue weighted by Crippen LogP contribution is 2.15. The quantitative estimate of drug-likeness (QED) is 0.106. The maximum Gasteiger partial charge on any atom is -0.0285 e. The van der Waals surface area contributed by atoms with Crippen molar-refractivity contribution < 1.29 is 0 Å². The van der Waals surface area contributed by atoms with Crippen LogP contribution in [0.1, 0.15) is 146 Å². The van der Waals surface area contributed by atoms with Gasteiger partial charge in [0.25, 0.3) is 0 Å². The van der Waals surface area contributed by atoms with E-state index >= 15 is 0 Å². The Morgan fingerprint density at radius 1 is 0.300 bits per heavy atom. The van der Waals surface area contributed by atoms with Crippen molar-refractivity contribution in [1.82, 2.24) is 0 Å². The first-order valence-electron chi connectivity index (χ1n) is 15.9. The molecule has 0 atom stereocenters. The molecule has 0 saturated heterocycles. The summed E-state index contributed by atoms with van der Waals surface area (Å²) in [6.45, 7) is 22.3. The van der Waals surface area contributed by atoms with E-state index in [9.17, 15) is 0 Å². The van der Waals surface area contributed by atoms with Gasteiger partial charge in [0.15, 0.2) is 0 Å². The van der Waals surface area contributed by atoms with E-state index in [1.54, 1.807) is 0 Å². The van der Waals surface area contributed by atoms with Crippen LogP contribution in [-0.4, -0.2) is 0 Å². The van der Waals surface area contributed by atoms with E-state index < -0.39 is 0 Å². The van der Waals surface area contributed by atoms with Gasteiger partial charge in [-0.3, -0.25) is 0 Å². The molecule has 0 radical (unpaired) electrons. The zero-order valence-electron chi connectivity index (χ0n) is 28.3. The first-order chi connectivity index (χ1) is 19.0. The van der Waals surface area contributed by atoms with Crippen LogP contribution in [0.15, 0.2) is 105 Å². The van der Waals surface area contributed by atoms with E-state index in [2.05, 4.69) is 130 Å². The molecule has 0 aliphatic heterocycles. The van der Waals surface area contributed by atoms with Crippen LogP contribution in [0.3, 0.4) is 0 Å². The minimum atomic E-state index is 1.14. The van der Waals surface area contributed by atoms with E-state index in [1.165, 1.54) is 83.1 Å². The molecule has 0 aromatic rings. The molecule has 0 fully saturated rings. The van der Waals surface area contributed by atoms with Crippen LogP contribution < -0.4 is 0 Å². The molecule has 0 aromatic carbocycles. The van der Waals surface area contributed by atoms with Crippen molar-refractivity contribution in [1.29, 1.82) is 0 Å². The lowest BCUT2D eigenvalue weighted by atomic mass is 10.0. The fraction of sp³-hybridized carbons (Fsp3) is 0.550. The summed E-state index contributed by atoms with van der Waals surface area (Å²) in [5.41, 5.74) is 11.8. The molecule has 0 N–H and O–H groups in total. The van der Waals surface area contributed by atoms with Crippen molar-refractivity contribution in [3.05, 3.63) is 105 Å². The van der Waals surface area contributed by atoms with Gasteiger partial charge in [-0.15, -0.1) is 0 Å². The molecular formula is C40H64. The van der Waals surface area contributed by atoms with Crippen molar-refractivity contribution in [2.24, 2.45) is 0 Å². The van der Waals surface area contributed by atoms with Crippen LogP contribution in [0.25, 0.3) is 0 Å². The number of hydrogen-bond acceptors (Lipinski definition) is 0. The maximum absolute atomic E-state index is 2.43. The van der Waals surface area contributed by atoms with Gasteiger partial charge in [-0.2, -0.15) is 0 Å². The largest absolute Gasteiger partial charge is 0.0856 e. The third-order valence-corrected chi connectivity index (χ3v) is 7.18. The van der Waals surface area contributed by atoms with Crippen LogP contribution in [0.2, 0.25) is 0 Å². The Labute approximate surface area is 251 Å². The molecule has 0 bridgehead atoms. The van der Waals surface area contributed by atoms with Crippen molar-refractivity contribution >= 4 is 0 Å². The normalized spacial score (nSPS) is 14.2. The predicted octanol–water partition coefficient (Wildman–Crippen LogP) is 13.8. The van der Waals surface area contributed by atoms with Gasteiger partial charge < -0.3 is 0 Å². The third-order valence-electron chi connectivity index (χ3n) is 7.18. The van der Waals surface area contributed by atoms with Gasteiger partial charge in [0.1, 0.15) is 0 Å². The fourth-order valence-electron chi connectivity index (χ4n) is 4.38. The summed E-state index contributed by atoms with van der Waals surface area (Å²) in [5, 5.41) is 0. The van der Waals surface area contributed by atoms with Crippen molar-refractivity contribution in [2.75, 3.05) is 0 Å². The van der Waals surface area contributed by atoms with Crippen molar-refractivity contribution in [2.45, 2.75) is 146 Å². The molecule has 0 rings (SSSR count). The molecule has 0 aliphatic rings. The zero-order valence-corrected chi connectivity index (χ0v) is 28.3. The Morgan fingerprint density at radius 2 is 0.525 bits per heavy atom. The molecule has 0 saturated carbocycles. The van der Waals surface area contributed by atoms with Crippen LogP contribution in [0, 0.1) is 0 Å². The topological polar surface area (TPSA) is 0 Å². The number of hydrogen-bond donors (Lipinski definition) is 0. The molecule has 0 amide bonds. The molecule has 0 aliphatic carbocycles. The highest BCUT2D eigenvalue weighted by Gasteiger charge is 1.95. The van der Waals surface area contributed by atoms with Gasteiger partial charge in [-0.05, 0) is 146 Å². The molecule has 0 aromatic heterocycles.